The molecule has 242 valence electrons. The Morgan fingerprint density at radius 1 is 0.750 bits per heavy atom. The number of ether oxygens (including phenoxy) is 1. The van der Waals surface area contributed by atoms with E-state index in [0.29, 0.717) is 44.9 Å². The van der Waals surface area contributed by atoms with Gasteiger partial charge in [0, 0.05) is 21.8 Å². The van der Waals surface area contributed by atoms with Gasteiger partial charge in [-0.1, -0.05) is 83.9 Å². The number of benzene rings is 5. The molecule has 3 N–H and O–H groups in total. The molecule has 10 heteroatoms. The Bertz CT molecular complexity index is 1900. The predicted octanol–water partition coefficient (Wildman–Crippen LogP) is 9.27. The van der Waals surface area contributed by atoms with E-state index in [2.05, 4.69) is 16.0 Å². The van der Waals surface area contributed by atoms with Gasteiger partial charge in [-0.25, -0.2) is 0 Å². The van der Waals surface area contributed by atoms with Crippen LogP contribution in [0.1, 0.15) is 33.7 Å². The zero-order chi connectivity index (χ0) is 33.9. The van der Waals surface area contributed by atoms with E-state index in [-0.39, 0.29) is 11.6 Å². The van der Waals surface area contributed by atoms with Crippen LogP contribution in [0.3, 0.4) is 0 Å². The van der Waals surface area contributed by atoms with Crippen LogP contribution in [0.2, 0.25) is 10.0 Å². The summed E-state index contributed by atoms with van der Waals surface area (Å²) in [6.45, 7) is 2.44. The average Bonchev–Trinajstić information content (AvgIpc) is 3.10. The number of halogens is 2. The van der Waals surface area contributed by atoms with E-state index in [9.17, 15) is 14.4 Å². The molecule has 5 aromatic carbocycles. The van der Waals surface area contributed by atoms with Gasteiger partial charge in [0.2, 0.25) is 5.91 Å². The minimum atomic E-state index is -0.585. The topological polar surface area (TPSA) is 96.5 Å². The van der Waals surface area contributed by atoms with E-state index in [1.54, 1.807) is 84.9 Å². The zero-order valence-electron chi connectivity index (χ0n) is 25.8. The fourth-order valence-electron chi connectivity index (χ4n) is 4.57. The molecule has 0 saturated carbocycles. The van der Waals surface area contributed by atoms with Gasteiger partial charge < -0.3 is 20.7 Å². The van der Waals surface area contributed by atoms with Crippen molar-refractivity contribution in [3.63, 3.8) is 0 Å². The molecular formula is C38H31Cl2N3O4S. The second-order valence-corrected chi connectivity index (χ2v) is 12.4. The smallest absolute Gasteiger partial charge is 0.272 e. The van der Waals surface area contributed by atoms with Crippen LogP contribution in [0.4, 0.5) is 11.4 Å². The van der Waals surface area contributed by atoms with E-state index in [1.165, 1.54) is 11.8 Å². The van der Waals surface area contributed by atoms with E-state index in [0.717, 1.165) is 10.5 Å². The summed E-state index contributed by atoms with van der Waals surface area (Å²) in [7, 11) is 0. The van der Waals surface area contributed by atoms with E-state index in [4.69, 9.17) is 27.9 Å². The summed E-state index contributed by atoms with van der Waals surface area (Å²) in [5.41, 5.74) is 3.04. The number of anilines is 2. The number of hydrogen-bond acceptors (Lipinski definition) is 5. The van der Waals surface area contributed by atoms with Crippen LogP contribution in [-0.2, 0) is 9.59 Å². The molecule has 7 nitrogen and oxygen atoms in total. The largest absolute Gasteiger partial charge is 0.494 e. The molecule has 0 fully saturated rings. The van der Waals surface area contributed by atoms with Crippen LogP contribution in [-0.4, -0.2) is 24.3 Å². The highest BCUT2D eigenvalue weighted by Gasteiger charge is 2.23. The van der Waals surface area contributed by atoms with Crippen molar-refractivity contribution in [2.45, 2.75) is 17.1 Å². The molecule has 48 heavy (non-hydrogen) atoms. The number of thioether (sulfide) groups is 1. The summed E-state index contributed by atoms with van der Waals surface area (Å²) < 4.78 is 5.52. The number of rotatable bonds is 12. The third-order valence-corrected chi connectivity index (χ3v) is 8.93. The molecular weight excluding hydrogens is 665 g/mol. The maximum atomic E-state index is 13.5. The van der Waals surface area contributed by atoms with Gasteiger partial charge in [-0.2, -0.15) is 0 Å². The fourth-order valence-corrected chi connectivity index (χ4v) is 5.89. The predicted molar refractivity (Wildman–Crippen MR) is 195 cm³/mol. The van der Waals surface area contributed by atoms with Crippen molar-refractivity contribution < 1.29 is 19.1 Å². The lowest BCUT2D eigenvalue weighted by atomic mass is 10.1. The molecule has 0 bridgehead atoms. The molecule has 1 unspecified atom stereocenters. The summed E-state index contributed by atoms with van der Waals surface area (Å²) in [6, 6.07) is 37.4. The van der Waals surface area contributed by atoms with Gasteiger partial charge in [-0.3, -0.25) is 14.4 Å². The number of amides is 3. The lowest BCUT2D eigenvalue weighted by Gasteiger charge is -2.18. The Hall–Kier alpha value is -5.02. The zero-order valence-corrected chi connectivity index (χ0v) is 28.1. The van der Waals surface area contributed by atoms with Gasteiger partial charge >= 0.3 is 0 Å². The number of carbonyl (C=O) groups excluding carboxylic acids is 3. The van der Waals surface area contributed by atoms with Crippen LogP contribution in [0.25, 0.3) is 6.08 Å². The van der Waals surface area contributed by atoms with Crippen molar-refractivity contribution in [1.82, 2.24) is 5.32 Å². The van der Waals surface area contributed by atoms with Crippen molar-refractivity contribution in [2.75, 3.05) is 17.2 Å². The molecule has 0 aliphatic rings. The lowest BCUT2D eigenvalue weighted by molar-refractivity contribution is -0.116. The Balaban J connectivity index is 1.32. The summed E-state index contributed by atoms with van der Waals surface area (Å²) in [4.78, 5) is 40.8. The Kier molecular flexibility index (Phi) is 11.9. The summed E-state index contributed by atoms with van der Waals surface area (Å²) in [6.07, 6.45) is 1.60. The van der Waals surface area contributed by atoms with E-state index >= 15 is 0 Å². The highest BCUT2D eigenvalue weighted by atomic mass is 35.5. The minimum absolute atomic E-state index is 0.0644. The summed E-state index contributed by atoms with van der Waals surface area (Å²) >= 11 is 13.6. The van der Waals surface area contributed by atoms with Crippen molar-refractivity contribution >= 4 is 70.1 Å². The standard InChI is InChI=1S/C38H31Cl2N3O4S/c1-2-47-30-18-13-25(14-19-30)23-34(43-36(44)27-11-7-4-8-12-27)37(45)41-28-15-20-31(21-16-28)48-35(26-9-5-3-6-10-26)38(46)42-29-17-22-32(39)33(40)24-29/h3-24,35H,2H2,1H3,(H,41,45)(H,42,46)(H,43,44)/b34-23-. The highest BCUT2D eigenvalue weighted by molar-refractivity contribution is 8.00. The van der Waals surface area contributed by atoms with Crippen LogP contribution >= 0.6 is 35.0 Å². The molecule has 5 aromatic rings. The van der Waals surface area contributed by atoms with Crippen LogP contribution in [0.5, 0.6) is 5.75 Å². The monoisotopic (exact) mass is 695 g/mol. The molecule has 0 spiro atoms. The molecule has 0 radical (unpaired) electrons. The van der Waals surface area contributed by atoms with Crippen LogP contribution in [0, 0.1) is 0 Å². The number of hydrogen-bond donors (Lipinski definition) is 3. The van der Waals surface area contributed by atoms with Gasteiger partial charge in [0.1, 0.15) is 16.7 Å². The molecule has 0 aliphatic carbocycles. The normalized spacial score (nSPS) is 11.7. The van der Waals surface area contributed by atoms with E-state index in [1.807, 2.05) is 55.5 Å². The first-order chi connectivity index (χ1) is 23.3. The first-order valence-electron chi connectivity index (χ1n) is 15.0. The molecule has 0 saturated heterocycles. The number of carbonyl (C=O) groups is 3. The molecule has 1 atom stereocenters. The minimum Gasteiger partial charge on any atom is -0.494 e. The van der Waals surface area contributed by atoms with Crippen molar-refractivity contribution in [3.8, 4) is 5.75 Å². The fraction of sp³-hybridized carbons (Fsp3) is 0.0789. The quantitative estimate of drug-likeness (QED) is 0.0893. The molecule has 0 heterocycles. The Labute approximate surface area is 293 Å². The summed E-state index contributed by atoms with van der Waals surface area (Å²) in [5.74, 6) is -0.453. The third-order valence-electron chi connectivity index (χ3n) is 6.92. The Morgan fingerprint density at radius 2 is 1.40 bits per heavy atom. The average molecular weight is 697 g/mol. The van der Waals surface area contributed by atoms with Crippen molar-refractivity contribution in [1.29, 1.82) is 0 Å². The molecule has 3 amide bonds. The third kappa shape index (κ3) is 9.51. The molecule has 0 aliphatic heterocycles. The molecule has 5 rings (SSSR count). The van der Waals surface area contributed by atoms with Crippen LogP contribution < -0.4 is 20.7 Å². The summed E-state index contributed by atoms with van der Waals surface area (Å²) in [5, 5.41) is 8.70. The van der Waals surface area contributed by atoms with Gasteiger partial charge in [-0.05, 0) is 90.9 Å². The second-order valence-electron chi connectivity index (χ2n) is 10.4. The first-order valence-corrected chi connectivity index (χ1v) is 16.6. The first kappa shape index (κ1) is 34.3. The van der Waals surface area contributed by atoms with Crippen molar-refractivity contribution in [3.05, 3.63) is 160 Å². The SMILES string of the molecule is CCOc1ccc(/C=C(\NC(=O)c2ccccc2)C(=O)Nc2ccc(SC(C(=O)Nc3ccc(Cl)c(Cl)c3)c3ccccc3)cc2)cc1. The number of nitrogens with one attached hydrogen (secondary N) is 3. The van der Waals surface area contributed by atoms with E-state index < -0.39 is 17.1 Å². The van der Waals surface area contributed by atoms with Crippen molar-refractivity contribution in [2.24, 2.45) is 0 Å². The van der Waals surface area contributed by atoms with Gasteiger partial charge in [0.25, 0.3) is 11.8 Å². The maximum Gasteiger partial charge on any atom is 0.272 e. The second kappa shape index (κ2) is 16.7. The Morgan fingerprint density at radius 3 is 2.04 bits per heavy atom. The highest BCUT2D eigenvalue weighted by Crippen LogP contribution is 2.37. The van der Waals surface area contributed by atoms with Gasteiger partial charge in [0.05, 0.1) is 16.7 Å². The lowest BCUT2D eigenvalue weighted by Crippen LogP contribution is -2.30. The van der Waals surface area contributed by atoms with Crippen LogP contribution in [0.15, 0.2) is 138 Å². The molecule has 0 aromatic heterocycles. The van der Waals surface area contributed by atoms with Gasteiger partial charge in [-0.15, -0.1) is 11.8 Å². The van der Waals surface area contributed by atoms with Gasteiger partial charge in [0.15, 0.2) is 0 Å². The maximum absolute atomic E-state index is 13.5.